The summed E-state index contributed by atoms with van der Waals surface area (Å²) in [6.07, 6.45) is -0.0640. The molecular weight excluding hydrogens is 264 g/mol. The van der Waals surface area contributed by atoms with Crippen molar-refractivity contribution >= 4 is 17.8 Å². The highest BCUT2D eigenvalue weighted by Crippen LogP contribution is 2.14. The second-order valence-corrected chi connectivity index (χ2v) is 4.53. The Balaban J connectivity index is 2.13. The van der Waals surface area contributed by atoms with Crippen LogP contribution in [-0.2, 0) is 20.8 Å². The number of benzene rings is 1. The zero-order chi connectivity index (χ0) is 14.7. The molecule has 0 radical (unpaired) electrons. The fraction of sp³-hybridized carbons (Fsp3) is 0.308. The lowest BCUT2D eigenvalue weighted by molar-refractivity contribution is -0.153. The van der Waals surface area contributed by atoms with Gasteiger partial charge in [0.25, 0.3) is 0 Å². The summed E-state index contributed by atoms with van der Waals surface area (Å²) in [5.74, 6) is -1.97. The van der Waals surface area contributed by atoms with Gasteiger partial charge in [0.2, 0.25) is 11.8 Å². The molecule has 0 spiro atoms. The van der Waals surface area contributed by atoms with Crippen LogP contribution in [0.2, 0.25) is 0 Å². The van der Waals surface area contributed by atoms with Gasteiger partial charge in [0.05, 0.1) is 6.42 Å². The molecule has 106 valence electrons. The number of amides is 2. The van der Waals surface area contributed by atoms with Gasteiger partial charge in [0.1, 0.15) is 18.3 Å². The molecule has 20 heavy (non-hydrogen) atoms. The third kappa shape index (κ3) is 3.05. The highest BCUT2D eigenvalue weighted by atomic mass is 16.4. The molecule has 1 saturated heterocycles. The minimum Gasteiger partial charge on any atom is -0.508 e. The first-order chi connectivity index (χ1) is 9.47. The minimum atomic E-state index is -1.16. The Morgan fingerprint density at radius 2 is 2.15 bits per heavy atom. The van der Waals surface area contributed by atoms with Gasteiger partial charge in [0.15, 0.2) is 0 Å². The van der Waals surface area contributed by atoms with E-state index in [2.05, 4.69) is 5.32 Å². The molecule has 2 rings (SSSR count). The predicted octanol–water partition coefficient (Wildman–Crippen LogP) is -0.654. The van der Waals surface area contributed by atoms with Crippen LogP contribution in [0.15, 0.2) is 24.3 Å². The van der Waals surface area contributed by atoms with E-state index in [0.29, 0.717) is 5.56 Å². The number of aromatic hydroxyl groups is 1. The lowest BCUT2D eigenvalue weighted by atomic mass is 10.1. The summed E-state index contributed by atoms with van der Waals surface area (Å²) in [5.41, 5.74) is 0.560. The molecule has 1 aromatic carbocycles. The van der Waals surface area contributed by atoms with Crippen molar-refractivity contribution in [1.29, 1.82) is 0 Å². The number of nitrogens with zero attached hydrogens (tertiary/aromatic N) is 1. The summed E-state index contributed by atoms with van der Waals surface area (Å²) in [5, 5.41) is 20.8. The quantitative estimate of drug-likeness (QED) is 0.681. The van der Waals surface area contributed by atoms with Crippen LogP contribution in [0.5, 0.6) is 5.75 Å². The van der Waals surface area contributed by atoms with Gasteiger partial charge in [-0.2, -0.15) is 0 Å². The molecule has 1 aromatic rings. The lowest BCUT2D eigenvalue weighted by Crippen LogP contribution is -2.59. The average molecular weight is 278 g/mol. The number of hydrogen-bond donors (Lipinski definition) is 3. The average Bonchev–Trinajstić information content (AvgIpc) is 2.38. The number of carboxylic acid groups (broad SMARTS) is 1. The number of phenolic OH excluding ortho intramolecular Hbond substituents is 1. The summed E-state index contributed by atoms with van der Waals surface area (Å²) in [6, 6.07) is 5.09. The Labute approximate surface area is 114 Å². The smallest absolute Gasteiger partial charge is 0.328 e. The van der Waals surface area contributed by atoms with Crippen LogP contribution >= 0.6 is 0 Å². The molecule has 1 aliphatic heterocycles. The Morgan fingerprint density at radius 1 is 1.40 bits per heavy atom. The molecule has 0 bridgehead atoms. The minimum absolute atomic E-state index is 0.0291. The number of carbonyl (C=O) groups excluding carboxylic acids is 2. The number of hydrogen-bond acceptors (Lipinski definition) is 4. The van der Waals surface area contributed by atoms with Gasteiger partial charge in [-0.05, 0) is 17.7 Å². The van der Waals surface area contributed by atoms with Gasteiger partial charge in [-0.15, -0.1) is 0 Å². The van der Waals surface area contributed by atoms with Gasteiger partial charge in [-0.1, -0.05) is 12.1 Å². The number of nitrogens with one attached hydrogen (secondary N) is 1. The summed E-state index contributed by atoms with van der Waals surface area (Å²) >= 11 is 0. The van der Waals surface area contributed by atoms with Gasteiger partial charge in [-0.25, -0.2) is 4.79 Å². The fourth-order valence-electron chi connectivity index (χ4n) is 2.07. The van der Waals surface area contributed by atoms with E-state index in [1.54, 1.807) is 12.1 Å². The Kier molecular flexibility index (Phi) is 3.88. The Hall–Kier alpha value is -2.57. The molecule has 1 fully saturated rings. The zero-order valence-electron chi connectivity index (χ0n) is 10.6. The first kappa shape index (κ1) is 13.9. The van der Waals surface area contributed by atoms with E-state index in [9.17, 15) is 19.5 Å². The Bertz CT molecular complexity index is 557. The van der Waals surface area contributed by atoms with E-state index in [4.69, 9.17) is 5.11 Å². The first-order valence-corrected chi connectivity index (χ1v) is 6.04. The first-order valence-electron chi connectivity index (χ1n) is 6.04. The molecule has 7 nitrogen and oxygen atoms in total. The molecule has 1 unspecified atom stereocenters. The van der Waals surface area contributed by atoms with Crippen molar-refractivity contribution in [1.82, 2.24) is 10.2 Å². The van der Waals surface area contributed by atoms with Crippen LogP contribution < -0.4 is 5.32 Å². The van der Waals surface area contributed by atoms with E-state index < -0.39 is 17.9 Å². The zero-order valence-corrected chi connectivity index (χ0v) is 10.6. The molecule has 3 N–H and O–H groups in total. The molecular formula is C13H14N2O5. The van der Waals surface area contributed by atoms with Crippen molar-refractivity contribution in [2.24, 2.45) is 0 Å². The van der Waals surface area contributed by atoms with Gasteiger partial charge >= 0.3 is 5.97 Å². The highest BCUT2D eigenvalue weighted by molar-refractivity contribution is 5.91. The van der Waals surface area contributed by atoms with Crippen molar-refractivity contribution in [3.63, 3.8) is 0 Å². The second kappa shape index (κ2) is 5.60. The van der Waals surface area contributed by atoms with Crippen LogP contribution in [0, 0.1) is 0 Å². The Morgan fingerprint density at radius 3 is 2.80 bits per heavy atom. The van der Waals surface area contributed by atoms with Crippen LogP contribution in [-0.4, -0.2) is 52.0 Å². The lowest BCUT2D eigenvalue weighted by Gasteiger charge is -2.32. The van der Waals surface area contributed by atoms with Crippen molar-refractivity contribution in [2.45, 2.75) is 12.5 Å². The standard InChI is InChI=1S/C13H14N2O5/c16-9-3-1-2-8(4-9)5-12(18)15-7-11(17)14-6-10(15)13(19)20/h1-4,10,16H,5-7H2,(H,14,17)(H,19,20). The normalized spacial score (nSPS) is 18.5. The largest absolute Gasteiger partial charge is 0.508 e. The number of rotatable bonds is 3. The number of piperazine rings is 1. The number of aliphatic carboxylic acids is 1. The summed E-state index contributed by atoms with van der Waals surface area (Å²) < 4.78 is 0. The van der Waals surface area contributed by atoms with E-state index in [-0.39, 0.29) is 31.2 Å². The maximum absolute atomic E-state index is 12.1. The molecule has 0 aromatic heterocycles. The topological polar surface area (TPSA) is 107 Å². The monoisotopic (exact) mass is 278 g/mol. The van der Waals surface area contributed by atoms with Crippen molar-refractivity contribution in [3.05, 3.63) is 29.8 Å². The summed E-state index contributed by atoms with van der Waals surface area (Å²) in [6.45, 7) is -0.367. The van der Waals surface area contributed by atoms with Crippen LogP contribution in [0.25, 0.3) is 0 Å². The molecule has 1 atom stereocenters. The molecule has 0 aliphatic carbocycles. The number of phenols is 1. The number of carbonyl (C=O) groups is 3. The maximum Gasteiger partial charge on any atom is 0.328 e. The van der Waals surface area contributed by atoms with Crippen molar-refractivity contribution < 1.29 is 24.6 Å². The van der Waals surface area contributed by atoms with E-state index in [0.717, 1.165) is 4.90 Å². The van der Waals surface area contributed by atoms with Gasteiger partial charge in [0, 0.05) is 6.54 Å². The fourth-order valence-corrected chi connectivity index (χ4v) is 2.07. The summed E-state index contributed by atoms with van der Waals surface area (Å²) in [7, 11) is 0. The maximum atomic E-state index is 12.1. The van der Waals surface area contributed by atoms with Gasteiger partial charge < -0.3 is 20.4 Å². The second-order valence-electron chi connectivity index (χ2n) is 4.53. The van der Waals surface area contributed by atoms with E-state index in [1.165, 1.54) is 12.1 Å². The summed E-state index contributed by atoms with van der Waals surface area (Å²) in [4.78, 5) is 35.6. The van der Waals surface area contributed by atoms with Crippen molar-refractivity contribution in [2.75, 3.05) is 13.1 Å². The molecule has 1 aliphatic rings. The van der Waals surface area contributed by atoms with Crippen LogP contribution in [0.4, 0.5) is 0 Å². The third-order valence-electron chi connectivity index (χ3n) is 3.05. The highest BCUT2D eigenvalue weighted by Gasteiger charge is 2.34. The SMILES string of the molecule is O=C1CN(C(=O)Cc2cccc(O)c2)C(C(=O)O)CN1. The van der Waals surface area contributed by atoms with Gasteiger partial charge in [-0.3, -0.25) is 9.59 Å². The molecule has 0 saturated carbocycles. The molecule has 7 heteroatoms. The van der Waals surface area contributed by atoms with Crippen LogP contribution in [0.3, 0.4) is 0 Å². The van der Waals surface area contributed by atoms with Crippen LogP contribution in [0.1, 0.15) is 5.56 Å². The number of carboxylic acids is 1. The molecule has 1 heterocycles. The van der Waals surface area contributed by atoms with E-state index >= 15 is 0 Å². The van der Waals surface area contributed by atoms with E-state index in [1.807, 2.05) is 0 Å². The molecule has 2 amide bonds. The van der Waals surface area contributed by atoms with Crippen molar-refractivity contribution in [3.8, 4) is 5.75 Å². The third-order valence-corrected chi connectivity index (χ3v) is 3.05. The predicted molar refractivity (Wildman–Crippen MR) is 68.0 cm³/mol.